The van der Waals surface area contributed by atoms with Gasteiger partial charge in [-0.15, -0.1) is 0 Å². The Labute approximate surface area is 243 Å². The number of carboxylic acids is 1. The normalized spacial score (nSPS) is 11.5. The van der Waals surface area contributed by atoms with Gasteiger partial charge < -0.3 is 29.7 Å². The first kappa shape index (κ1) is 28.6. The van der Waals surface area contributed by atoms with Crippen LogP contribution in [-0.2, 0) is 30.3 Å². The van der Waals surface area contributed by atoms with Crippen molar-refractivity contribution in [1.29, 1.82) is 0 Å². The van der Waals surface area contributed by atoms with E-state index in [9.17, 15) is 19.5 Å². The van der Waals surface area contributed by atoms with Crippen molar-refractivity contribution < 1.29 is 38.8 Å². The third-order valence-electron chi connectivity index (χ3n) is 3.99. The predicted octanol–water partition coefficient (Wildman–Crippen LogP) is 3.90. The number of rotatable bonds is 10. The number of nitrogens with one attached hydrogen (secondary N) is 1. The third kappa shape index (κ3) is 8.80. The molecule has 0 saturated heterocycles. The summed E-state index contributed by atoms with van der Waals surface area (Å²) in [4.78, 5) is 34.7. The number of halogens is 4. The fourth-order valence-corrected chi connectivity index (χ4v) is 6.41. The molecule has 1 amide bonds. The lowest BCUT2D eigenvalue weighted by molar-refractivity contribution is -0.147. The molecule has 0 bridgehead atoms. The Hall–Kier alpha value is -0.670. The summed E-state index contributed by atoms with van der Waals surface area (Å²) in [6.45, 7) is -1.11. The lowest BCUT2D eigenvalue weighted by Gasteiger charge is -2.18. The Kier molecular flexibility index (Phi) is 11.6. The van der Waals surface area contributed by atoms with E-state index in [4.69, 9.17) is 19.3 Å². The van der Waals surface area contributed by atoms with Gasteiger partial charge in [0, 0.05) is 6.42 Å². The number of amides is 1. The van der Waals surface area contributed by atoms with Gasteiger partial charge in [-0.1, -0.05) is 0 Å². The number of carboxylic acid groups (broad SMARTS) is 1. The lowest BCUT2D eigenvalue weighted by Crippen LogP contribution is -2.44. The third-order valence-corrected chi connectivity index (χ3v) is 7.24. The van der Waals surface area contributed by atoms with Crippen molar-refractivity contribution in [3.8, 4) is 17.2 Å². The Balaban J connectivity index is 2.17. The van der Waals surface area contributed by atoms with Crippen LogP contribution < -0.4 is 10.1 Å². The van der Waals surface area contributed by atoms with Crippen LogP contribution in [0.5, 0.6) is 17.2 Å². The van der Waals surface area contributed by atoms with Crippen molar-refractivity contribution in [2.24, 2.45) is 0 Å². The Bertz CT molecular complexity index is 1020. The maximum absolute atomic E-state index is 12.2. The van der Waals surface area contributed by atoms with Gasteiger partial charge in [0.2, 0.25) is 5.91 Å². The van der Waals surface area contributed by atoms with E-state index in [1.54, 1.807) is 12.1 Å². The molecule has 0 spiro atoms. The molecule has 0 radical (unpaired) electrons. The summed E-state index contributed by atoms with van der Waals surface area (Å²) in [5.41, 5.74) is 0.758. The van der Waals surface area contributed by atoms with E-state index in [0.29, 0.717) is 18.6 Å². The molecule has 2 rings (SSSR count). The van der Waals surface area contributed by atoms with E-state index in [-0.39, 0.29) is 12.2 Å². The van der Waals surface area contributed by atoms with Crippen molar-refractivity contribution in [2.75, 3.05) is 20.3 Å². The summed E-state index contributed by atoms with van der Waals surface area (Å²) in [5, 5.41) is 21.0. The highest BCUT2D eigenvalue weighted by Crippen LogP contribution is 2.37. The second-order valence-corrected chi connectivity index (χ2v) is 11.1. The highest BCUT2D eigenvalue weighted by molar-refractivity contribution is 14.1. The Morgan fingerprint density at radius 2 is 1.55 bits per heavy atom. The highest BCUT2D eigenvalue weighted by atomic mass is 127. The zero-order valence-corrected chi connectivity index (χ0v) is 25.5. The molecule has 1 atom stereocenters. The monoisotopic (exact) mass is 907 g/mol. The summed E-state index contributed by atoms with van der Waals surface area (Å²) in [7, 11) is 1.22. The van der Waals surface area contributed by atoms with Gasteiger partial charge in [-0.25, -0.2) is 9.59 Å². The van der Waals surface area contributed by atoms with Gasteiger partial charge in [-0.05, 0) is 120 Å². The van der Waals surface area contributed by atoms with Gasteiger partial charge in [0.25, 0.3) is 0 Å². The fourth-order valence-electron chi connectivity index (χ4n) is 2.59. The minimum absolute atomic E-state index is 0.151. The van der Waals surface area contributed by atoms with Crippen LogP contribution in [0.4, 0.5) is 0 Å². The average Bonchev–Trinajstić information content (AvgIpc) is 2.73. The van der Waals surface area contributed by atoms with Crippen LogP contribution in [0.15, 0.2) is 24.3 Å². The van der Waals surface area contributed by atoms with Crippen molar-refractivity contribution in [1.82, 2.24) is 5.32 Å². The molecule has 9 nitrogen and oxygen atoms in total. The van der Waals surface area contributed by atoms with Gasteiger partial charge in [-0.3, -0.25) is 4.79 Å². The standard InChI is InChI=1S/C20H17I4NO8/c1-31-20(30)15(25-16(26)7-32-8-17(27)28)4-9-2-13(23)19(14(24)3-9)33-10-5-11(21)18(29)12(22)6-10/h2-3,5-6,15,29H,4,7-8H2,1H3,(H,25,26)(H,27,28). The first-order valence-electron chi connectivity index (χ1n) is 9.02. The number of hydrogen-bond acceptors (Lipinski definition) is 7. The molecule has 13 heteroatoms. The number of aliphatic carboxylic acids is 1. The minimum atomic E-state index is -1.20. The highest BCUT2D eigenvalue weighted by Gasteiger charge is 2.23. The fraction of sp³-hybridized carbons (Fsp3) is 0.250. The topological polar surface area (TPSA) is 131 Å². The maximum atomic E-state index is 12.2. The minimum Gasteiger partial charge on any atom is -0.506 e. The number of ether oxygens (including phenoxy) is 3. The van der Waals surface area contributed by atoms with Gasteiger partial charge >= 0.3 is 11.9 Å². The summed E-state index contributed by atoms with van der Waals surface area (Å²) in [6, 6.07) is 6.14. The van der Waals surface area contributed by atoms with Crippen LogP contribution >= 0.6 is 90.4 Å². The maximum Gasteiger partial charge on any atom is 0.329 e. The molecule has 0 saturated carbocycles. The first-order valence-corrected chi connectivity index (χ1v) is 13.3. The predicted molar refractivity (Wildman–Crippen MR) is 152 cm³/mol. The molecule has 0 aromatic heterocycles. The first-order chi connectivity index (χ1) is 15.5. The van der Waals surface area contributed by atoms with Crippen LogP contribution in [0.3, 0.4) is 0 Å². The van der Waals surface area contributed by atoms with Crippen molar-refractivity contribution in [3.63, 3.8) is 0 Å². The number of phenols is 1. The van der Waals surface area contributed by atoms with Crippen LogP contribution in [0, 0.1) is 14.3 Å². The number of hydrogen-bond donors (Lipinski definition) is 3. The van der Waals surface area contributed by atoms with E-state index in [0.717, 1.165) is 12.7 Å². The molecule has 1 unspecified atom stereocenters. The van der Waals surface area contributed by atoms with Crippen LogP contribution in [0.25, 0.3) is 0 Å². The van der Waals surface area contributed by atoms with E-state index in [1.807, 2.05) is 57.3 Å². The van der Waals surface area contributed by atoms with Crippen molar-refractivity contribution in [3.05, 3.63) is 44.1 Å². The van der Waals surface area contributed by atoms with Gasteiger partial charge in [0.1, 0.15) is 30.8 Å². The number of esters is 1. The molecule has 2 aromatic carbocycles. The molecule has 178 valence electrons. The van der Waals surface area contributed by atoms with Crippen LogP contribution in [0.1, 0.15) is 5.56 Å². The zero-order valence-electron chi connectivity index (χ0n) is 16.9. The molecule has 33 heavy (non-hydrogen) atoms. The zero-order chi connectivity index (χ0) is 24.7. The van der Waals surface area contributed by atoms with E-state index in [2.05, 4.69) is 50.5 Å². The second kappa shape index (κ2) is 13.4. The molecule has 0 fully saturated rings. The molecule has 0 aliphatic carbocycles. The van der Waals surface area contributed by atoms with Gasteiger partial charge in [0.05, 0.1) is 21.4 Å². The Morgan fingerprint density at radius 3 is 2.06 bits per heavy atom. The molecule has 0 heterocycles. The van der Waals surface area contributed by atoms with Crippen LogP contribution in [-0.4, -0.2) is 54.4 Å². The summed E-state index contributed by atoms with van der Waals surface area (Å²) in [5.74, 6) is -1.07. The lowest BCUT2D eigenvalue weighted by atomic mass is 10.1. The van der Waals surface area contributed by atoms with Crippen molar-refractivity contribution in [2.45, 2.75) is 12.5 Å². The number of benzene rings is 2. The Morgan fingerprint density at radius 1 is 0.970 bits per heavy atom. The van der Waals surface area contributed by atoms with Gasteiger partial charge in [-0.2, -0.15) is 0 Å². The van der Waals surface area contributed by atoms with E-state index >= 15 is 0 Å². The smallest absolute Gasteiger partial charge is 0.329 e. The largest absolute Gasteiger partial charge is 0.506 e. The average molecular weight is 907 g/mol. The number of carbonyl (C=O) groups is 3. The van der Waals surface area contributed by atoms with E-state index in [1.165, 1.54) is 7.11 Å². The molecular formula is C20H17I4NO8. The van der Waals surface area contributed by atoms with Crippen LogP contribution in [0.2, 0.25) is 0 Å². The number of carbonyl (C=O) groups excluding carboxylic acids is 2. The van der Waals surface area contributed by atoms with Crippen molar-refractivity contribution >= 4 is 108 Å². The number of aromatic hydroxyl groups is 1. The molecule has 0 aliphatic heterocycles. The molecule has 0 aliphatic rings. The quantitative estimate of drug-likeness (QED) is 0.242. The molecular weight excluding hydrogens is 890 g/mol. The summed E-state index contributed by atoms with van der Waals surface area (Å²) >= 11 is 8.31. The molecule has 2 aromatic rings. The number of phenolic OH excluding ortho intramolecular Hbond substituents is 1. The summed E-state index contributed by atoms with van der Waals surface area (Å²) < 4.78 is 18.5. The second-order valence-electron chi connectivity index (χ2n) is 6.46. The number of methoxy groups -OCH3 is 1. The van der Waals surface area contributed by atoms with E-state index < -0.39 is 37.1 Å². The van der Waals surface area contributed by atoms with Gasteiger partial charge in [0.15, 0.2) is 5.75 Å². The SMILES string of the molecule is COC(=O)C(Cc1cc(I)c(Oc2cc(I)c(O)c(I)c2)c(I)c1)NC(=O)COCC(=O)O. The molecule has 3 N–H and O–H groups in total. The summed E-state index contributed by atoms with van der Waals surface area (Å²) in [6.07, 6.45) is 0.151.